The number of β-amino-alcohol motifs (C(OH)–C–C–N with tert-alkyl or cyclic N) is 1. The van der Waals surface area contributed by atoms with Crippen molar-refractivity contribution in [3.63, 3.8) is 0 Å². The highest BCUT2D eigenvalue weighted by Gasteiger charge is 2.17. The Morgan fingerprint density at radius 3 is 2.24 bits per heavy atom. The van der Waals surface area contributed by atoms with Crippen LogP contribution in [0.25, 0.3) is 0 Å². The number of likely N-dealkylation sites (N-methyl/N-ethyl adjacent to an activating group) is 1. The van der Waals surface area contributed by atoms with Gasteiger partial charge in [0.25, 0.3) is 0 Å². The minimum absolute atomic E-state index is 0.358. The van der Waals surface area contributed by atoms with Gasteiger partial charge in [-0.2, -0.15) is 0 Å². The minimum Gasteiger partial charge on any atom is -0.490 e. The van der Waals surface area contributed by atoms with E-state index in [4.69, 9.17) is 4.74 Å². The number of hydrogen-bond acceptors (Lipinski definition) is 4. The Bertz CT molecular complexity index is 445. The third-order valence-electron chi connectivity index (χ3n) is 4.09. The first-order chi connectivity index (χ1) is 9.95. The molecule has 1 fully saturated rings. The van der Waals surface area contributed by atoms with Gasteiger partial charge < -0.3 is 14.7 Å². The fourth-order valence-electron chi connectivity index (χ4n) is 2.96. The van der Waals surface area contributed by atoms with Crippen LogP contribution in [0.4, 0.5) is 0 Å². The van der Waals surface area contributed by atoms with Gasteiger partial charge in [0.1, 0.15) is 18.5 Å². The molecule has 0 radical (unpaired) electrons. The summed E-state index contributed by atoms with van der Waals surface area (Å²) in [4.78, 5) is 4.63. The summed E-state index contributed by atoms with van der Waals surface area (Å²) in [5.41, 5.74) is 3.52. The van der Waals surface area contributed by atoms with Crippen molar-refractivity contribution in [3.8, 4) is 5.75 Å². The molecule has 1 N–H and O–H groups in total. The van der Waals surface area contributed by atoms with Crippen molar-refractivity contribution in [3.05, 3.63) is 28.8 Å². The van der Waals surface area contributed by atoms with Crippen molar-refractivity contribution >= 4 is 0 Å². The first-order valence-electron chi connectivity index (χ1n) is 7.75. The lowest BCUT2D eigenvalue weighted by Crippen LogP contribution is -2.47. The molecule has 21 heavy (non-hydrogen) atoms. The van der Waals surface area contributed by atoms with Crippen LogP contribution >= 0.6 is 0 Å². The van der Waals surface area contributed by atoms with Gasteiger partial charge >= 0.3 is 0 Å². The Labute approximate surface area is 128 Å². The number of aryl methyl sites for hydroxylation is 3. The van der Waals surface area contributed by atoms with Crippen molar-refractivity contribution in [1.82, 2.24) is 9.80 Å². The molecule has 118 valence electrons. The summed E-state index contributed by atoms with van der Waals surface area (Å²) in [6, 6.07) is 4.24. The molecular weight excluding hydrogens is 264 g/mol. The first-order valence-corrected chi connectivity index (χ1v) is 7.75. The smallest absolute Gasteiger partial charge is 0.125 e. The van der Waals surface area contributed by atoms with Crippen LogP contribution in [-0.4, -0.2) is 67.4 Å². The minimum atomic E-state index is -0.437. The molecule has 1 aromatic rings. The summed E-state index contributed by atoms with van der Waals surface area (Å²) in [5.74, 6) is 0.915. The zero-order chi connectivity index (χ0) is 15.4. The predicted molar refractivity (Wildman–Crippen MR) is 86.1 cm³/mol. The van der Waals surface area contributed by atoms with E-state index >= 15 is 0 Å². The monoisotopic (exact) mass is 292 g/mol. The highest BCUT2D eigenvalue weighted by molar-refractivity contribution is 5.42. The van der Waals surface area contributed by atoms with Crippen LogP contribution in [0.5, 0.6) is 5.75 Å². The quantitative estimate of drug-likeness (QED) is 0.894. The Morgan fingerprint density at radius 2 is 1.67 bits per heavy atom. The van der Waals surface area contributed by atoms with E-state index < -0.39 is 6.10 Å². The summed E-state index contributed by atoms with van der Waals surface area (Å²) in [6.07, 6.45) is -0.437. The number of aliphatic hydroxyl groups is 1. The molecule has 4 heteroatoms. The van der Waals surface area contributed by atoms with Crippen LogP contribution in [0.2, 0.25) is 0 Å². The Hall–Kier alpha value is -1.10. The number of rotatable bonds is 5. The van der Waals surface area contributed by atoms with Crippen LogP contribution in [-0.2, 0) is 0 Å². The lowest BCUT2D eigenvalue weighted by molar-refractivity contribution is 0.0501. The van der Waals surface area contributed by atoms with Gasteiger partial charge in [0.15, 0.2) is 0 Å². The number of nitrogens with zero attached hydrogens (tertiary/aromatic N) is 2. The van der Waals surface area contributed by atoms with Crippen molar-refractivity contribution in [2.45, 2.75) is 26.9 Å². The zero-order valence-electron chi connectivity index (χ0n) is 13.7. The van der Waals surface area contributed by atoms with Crippen molar-refractivity contribution in [2.75, 3.05) is 46.4 Å². The summed E-state index contributed by atoms with van der Waals surface area (Å²) >= 11 is 0. The number of ether oxygens (including phenoxy) is 1. The van der Waals surface area contributed by atoms with E-state index in [0.717, 1.165) is 43.1 Å². The molecule has 0 amide bonds. The summed E-state index contributed by atoms with van der Waals surface area (Å²) in [7, 11) is 2.14. The van der Waals surface area contributed by atoms with Crippen LogP contribution in [0.3, 0.4) is 0 Å². The third-order valence-corrected chi connectivity index (χ3v) is 4.09. The molecular formula is C17H28N2O2. The van der Waals surface area contributed by atoms with Crippen LogP contribution in [0, 0.1) is 20.8 Å². The fraction of sp³-hybridized carbons (Fsp3) is 0.647. The summed E-state index contributed by atoms with van der Waals surface area (Å²) in [6.45, 7) is 11.4. The Kier molecular flexibility index (Phi) is 5.62. The average Bonchev–Trinajstić information content (AvgIpc) is 2.40. The second-order valence-corrected chi connectivity index (χ2v) is 6.30. The molecule has 0 bridgehead atoms. The second-order valence-electron chi connectivity index (χ2n) is 6.30. The molecule has 1 atom stereocenters. The highest BCUT2D eigenvalue weighted by atomic mass is 16.5. The topological polar surface area (TPSA) is 35.9 Å². The van der Waals surface area contributed by atoms with E-state index in [1.54, 1.807) is 0 Å². The number of benzene rings is 1. The summed E-state index contributed by atoms with van der Waals surface area (Å²) < 4.78 is 5.86. The van der Waals surface area contributed by atoms with Gasteiger partial charge in [-0.25, -0.2) is 0 Å². The number of hydrogen-bond donors (Lipinski definition) is 1. The van der Waals surface area contributed by atoms with Crippen molar-refractivity contribution in [1.29, 1.82) is 0 Å². The number of aliphatic hydroxyl groups excluding tert-OH is 1. The normalized spacial score (nSPS) is 18.7. The first kappa shape index (κ1) is 16.3. The van der Waals surface area contributed by atoms with Crippen LogP contribution < -0.4 is 4.74 Å². The highest BCUT2D eigenvalue weighted by Crippen LogP contribution is 2.24. The molecule has 0 spiro atoms. The average molecular weight is 292 g/mol. The molecule has 0 aliphatic carbocycles. The van der Waals surface area contributed by atoms with Gasteiger partial charge in [0.05, 0.1) is 0 Å². The van der Waals surface area contributed by atoms with E-state index in [2.05, 4.69) is 49.8 Å². The zero-order valence-corrected chi connectivity index (χ0v) is 13.7. The molecule has 2 rings (SSSR count). The molecule has 1 aromatic carbocycles. The Balaban J connectivity index is 1.83. The predicted octanol–water partition coefficient (Wildman–Crippen LogP) is 1.60. The van der Waals surface area contributed by atoms with Gasteiger partial charge in [0.2, 0.25) is 0 Å². The molecule has 1 heterocycles. The van der Waals surface area contributed by atoms with Crippen LogP contribution in [0.15, 0.2) is 12.1 Å². The lowest BCUT2D eigenvalue weighted by atomic mass is 10.1. The molecule has 4 nitrogen and oxygen atoms in total. The van der Waals surface area contributed by atoms with Gasteiger partial charge in [-0.1, -0.05) is 17.7 Å². The van der Waals surface area contributed by atoms with Crippen LogP contribution in [0.1, 0.15) is 16.7 Å². The Morgan fingerprint density at radius 1 is 1.10 bits per heavy atom. The van der Waals surface area contributed by atoms with Crippen molar-refractivity contribution < 1.29 is 9.84 Å². The van der Waals surface area contributed by atoms with Gasteiger partial charge in [-0.3, -0.25) is 4.90 Å². The van der Waals surface area contributed by atoms with Gasteiger partial charge in [0, 0.05) is 32.7 Å². The largest absolute Gasteiger partial charge is 0.490 e. The fourth-order valence-corrected chi connectivity index (χ4v) is 2.96. The maximum absolute atomic E-state index is 10.2. The molecule has 0 aromatic heterocycles. The third kappa shape index (κ3) is 4.70. The molecule has 1 aliphatic rings. The van der Waals surface area contributed by atoms with Crippen molar-refractivity contribution in [2.24, 2.45) is 0 Å². The maximum Gasteiger partial charge on any atom is 0.125 e. The van der Waals surface area contributed by atoms with E-state index in [-0.39, 0.29) is 0 Å². The molecule has 1 aliphatic heterocycles. The SMILES string of the molecule is Cc1cc(C)c(OC[C@H](O)CN2CCN(C)CC2)c(C)c1. The van der Waals surface area contributed by atoms with E-state index in [0.29, 0.717) is 13.2 Å². The standard InChI is InChI=1S/C17H28N2O2/c1-13-9-14(2)17(15(3)10-13)21-12-16(20)11-19-7-5-18(4)6-8-19/h9-10,16,20H,5-8,11-12H2,1-4H3/t16-/m1/s1. The van der Waals surface area contributed by atoms with Gasteiger partial charge in [-0.05, 0) is 38.9 Å². The van der Waals surface area contributed by atoms with E-state index in [1.165, 1.54) is 5.56 Å². The lowest BCUT2D eigenvalue weighted by Gasteiger charge is -2.33. The van der Waals surface area contributed by atoms with E-state index in [1.807, 2.05) is 0 Å². The van der Waals surface area contributed by atoms with E-state index in [9.17, 15) is 5.11 Å². The van der Waals surface area contributed by atoms with Gasteiger partial charge in [-0.15, -0.1) is 0 Å². The molecule has 0 unspecified atom stereocenters. The summed E-state index contributed by atoms with van der Waals surface area (Å²) in [5, 5.41) is 10.2. The maximum atomic E-state index is 10.2. The molecule has 1 saturated heterocycles. The number of piperazine rings is 1. The second kappa shape index (κ2) is 7.25. The molecule has 0 saturated carbocycles.